The number of benzene rings is 1. The zero-order valence-corrected chi connectivity index (χ0v) is 23.2. The van der Waals surface area contributed by atoms with Crippen LogP contribution in [0.25, 0.3) is 10.6 Å². The van der Waals surface area contributed by atoms with E-state index in [0.717, 1.165) is 58.7 Å². The van der Waals surface area contributed by atoms with Crippen LogP contribution in [0.5, 0.6) is 5.75 Å². The minimum atomic E-state index is -1.26. The van der Waals surface area contributed by atoms with E-state index in [1.54, 1.807) is 30.6 Å². The molecule has 0 unspecified atom stereocenters. The molecule has 0 spiro atoms. The van der Waals surface area contributed by atoms with Gasteiger partial charge in [-0.3, -0.25) is 0 Å². The Labute approximate surface area is 237 Å². The van der Waals surface area contributed by atoms with E-state index < -0.39 is 11.6 Å². The molecule has 1 atom stereocenters. The van der Waals surface area contributed by atoms with Crippen molar-refractivity contribution in [1.29, 1.82) is 0 Å². The van der Waals surface area contributed by atoms with Crippen molar-refractivity contribution in [3.05, 3.63) is 82.1 Å². The fourth-order valence-electron chi connectivity index (χ4n) is 5.73. The molecule has 1 saturated carbocycles. The number of hydrogen-bond acceptors (Lipinski definition) is 8. The van der Waals surface area contributed by atoms with Crippen LogP contribution in [0, 0.1) is 6.92 Å². The number of aromatic nitrogens is 3. The first-order chi connectivity index (χ1) is 19.4. The van der Waals surface area contributed by atoms with Gasteiger partial charge in [-0.05, 0) is 98.9 Å². The molecule has 1 aromatic carbocycles. The molecule has 0 saturated heterocycles. The summed E-state index contributed by atoms with van der Waals surface area (Å²) in [4.78, 5) is 26.2. The summed E-state index contributed by atoms with van der Waals surface area (Å²) in [6, 6.07) is 12.7. The summed E-state index contributed by atoms with van der Waals surface area (Å²) in [5, 5.41) is 25.1. The fraction of sp³-hybridized carbons (Fsp3) is 0.355. The van der Waals surface area contributed by atoms with Crippen LogP contribution in [0.1, 0.15) is 77.0 Å². The molecule has 3 N–H and O–H groups in total. The molecule has 4 aromatic rings. The molecule has 8 nitrogen and oxygen atoms in total. The number of aliphatic hydroxyl groups is 1. The molecular formula is C31H32N4O4S. The molecule has 0 aliphatic heterocycles. The predicted octanol–water partition coefficient (Wildman–Crippen LogP) is 6.63. The smallest absolute Gasteiger partial charge is 0.335 e. The maximum absolute atomic E-state index is 11.8. The first-order valence-electron chi connectivity index (χ1n) is 13.8. The fourth-order valence-corrected chi connectivity index (χ4v) is 6.74. The largest absolute Gasteiger partial charge is 0.490 e. The number of anilines is 2. The van der Waals surface area contributed by atoms with E-state index in [1.165, 1.54) is 30.6 Å². The van der Waals surface area contributed by atoms with Crippen molar-refractivity contribution in [2.75, 3.05) is 5.32 Å². The summed E-state index contributed by atoms with van der Waals surface area (Å²) in [7, 11) is 0. The number of hydrogen-bond donors (Lipinski definition) is 3. The van der Waals surface area contributed by atoms with E-state index in [0.29, 0.717) is 23.1 Å². The highest BCUT2D eigenvalue weighted by atomic mass is 32.1. The zero-order chi connectivity index (χ0) is 27.7. The number of carboxylic acid groups (broad SMARTS) is 1. The van der Waals surface area contributed by atoms with Gasteiger partial charge < -0.3 is 20.3 Å². The second kappa shape index (κ2) is 11.0. The number of pyridine rings is 2. The molecule has 9 heteroatoms. The third kappa shape index (κ3) is 5.44. The number of carboxylic acids is 1. The minimum Gasteiger partial charge on any atom is -0.490 e. The molecule has 3 aromatic heterocycles. The number of nitrogens with one attached hydrogen (secondary N) is 1. The number of nitrogens with zero attached hydrogens (tertiary/aromatic N) is 3. The Bertz CT molecular complexity index is 1550. The van der Waals surface area contributed by atoms with E-state index in [9.17, 15) is 15.0 Å². The SMILES string of the molecule is Cc1cc(Nc2cc(OC3CCCCC3)ccn2)nc(-c2cnc([C@]3(O)CCCc4cc(C(=O)O)ccc43)s2)c1. The Balaban J connectivity index is 1.24. The lowest BCUT2D eigenvalue weighted by molar-refractivity contribution is 0.0607. The van der Waals surface area contributed by atoms with E-state index in [2.05, 4.69) is 15.3 Å². The van der Waals surface area contributed by atoms with Gasteiger partial charge in [0.25, 0.3) is 0 Å². The Kier molecular flexibility index (Phi) is 7.25. The van der Waals surface area contributed by atoms with Gasteiger partial charge in [0, 0.05) is 18.5 Å². The van der Waals surface area contributed by atoms with Gasteiger partial charge in [-0.15, -0.1) is 11.3 Å². The number of carbonyl (C=O) groups is 1. The standard InChI is InChI=1S/C31H32N4O4S/c1-19-14-25(34-28(15-19)35-27-17-23(11-13-32-27)39-22-7-3-2-4-8-22)26-18-33-30(40-26)31(38)12-5-6-20-16-21(29(36)37)9-10-24(20)31/h9-11,13-18,22,38H,2-8,12H2,1H3,(H,36,37)(H,32,34,35)/t31-/m0/s1. The number of ether oxygens (including phenoxy) is 1. The highest BCUT2D eigenvalue weighted by Crippen LogP contribution is 2.43. The summed E-state index contributed by atoms with van der Waals surface area (Å²) >= 11 is 1.41. The monoisotopic (exact) mass is 556 g/mol. The lowest BCUT2D eigenvalue weighted by Gasteiger charge is -2.33. The summed E-state index contributed by atoms with van der Waals surface area (Å²) in [5.41, 5.74) is 2.33. The van der Waals surface area contributed by atoms with Gasteiger partial charge in [-0.2, -0.15) is 0 Å². The van der Waals surface area contributed by atoms with E-state index in [4.69, 9.17) is 9.72 Å². The van der Waals surface area contributed by atoms with Crippen LogP contribution in [0.3, 0.4) is 0 Å². The van der Waals surface area contributed by atoms with Crippen LogP contribution in [-0.2, 0) is 12.0 Å². The molecule has 0 amide bonds. The van der Waals surface area contributed by atoms with Crippen LogP contribution in [-0.4, -0.2) is 37.2 Å². The van der Waals surface area contributed by atoms with Gasteiger partial charge in [0.1, 0.15) is 28.0 Å². The van der Waals surface area contributed by atoms with Crippen molar-refractivity contribution in [2.45, 2.75) is 70.0 Å². The molecule has 0 radical (unpaired) electrons. The highest BCUT2D eigenvalue weighted by molar-refractivity contribution is 7.15. The first kappa shape index (κ1) is 26.4. The lowest BCUT2D eigenvalue weighted by Crippen LogP contribution is -2.32. The second-order valence-corrected chi connectivity index (χ2v) is 11.7. The normalized spacial score (nSPS) is 19.1. The summed E-state index contributed by atoms with van der Waals surface area (Å²) in [5.74, 6) is 1.16. The van der Waals surface area contributed by atoms with Gasteiger partial charge in [-0.1, -0.05) is 12.5 Å². The molecule has 206 valence electrons. The Morgan fingerprint density at radius 1 is 1.05 bits per heavy atom. The van der Waals surface area contributed by atoms with Crippen molar-refractivity contribution in [2.24, 2.45) is 0 Å². The van der Waals surface area contributed by atoms with Crippen LogP contribution in [0.4, 0.5) is 11.6 Å². The van der Waals surface area contributed by atoms with Crippen molar-refractivity contribution in [3.8, 4) is 16.3 Å². The first-order valence-corrected chi connectivity index (χ1v) is 14.6. The van der Waals surface area contributed by atoms with Crippen LogP contribution in [0.2, 0.25) is 0 Å². The van der Waals surface area contributed by atoms with Crippen molar-refractivity contribution >= 4 is 28.9 Å². The predicted molar refractivity (Wildman–Crippen MR) is 154 cm³/mol. The molecule has 6 rings (SSSR count). The summed E-state index contributed by atoms with van der Waals surface area (Å²) in [6.45, 7) is 2.01. The van der Waals surface area contributed by atoms with E-state index in [1.807, 2.05) is 31.2 Å². The quantitative estimate of drug-likeness (QED) is 0.232. The third-order valence-corrected chi connectivity index (χ3v) is 8.88. The van der Waals surface area contributed by atoms with Crippen LogP contribution < -0.4 is 10.1 Å². The maximum atomic E-state index is 11.8. The number of aryl methyl sites for hydroxylation is 2. The average Bonchev–Trinajstić information content (AvgIpc) is 3.45. The molecular weight excluding hydrogens is 524 g/mol. The van der Waals surface area contributed by atoms with Crippen LogP contribution >= 0.6 is 11.3 Å². The summed E-state index contributed by atoms with van der Waals surface area (Å²) < 4.78 is 6.20. The van der Waals surface area contributed by atoms with Gasteiger partial charge in [0.05, 0.1) is 22.2 Å². The highest BCUT2D eigenvalue weighted by Gasteiger charge is 2.39. The van der Waals surface area contributed by atoms with E-state index in [-0.39, 0.29) is 11.7 Å². The number of fused-ring (bicyclic) bond motifs is 1. The Morgan fingerprint density at radius 2 is 1.90 bits per heavy atom. The molecule has 3 heterocycles. The number of rotatable bonds is 7. The number of aromatic carboxylic acids is 1. The van der Waals surface area contributed by atoms with Gasteiger partial charge in [-0.25, -0.2) is 19.7 Å². The molecule has 1 fully saturated rings. The average molecular weight is 557 g/mol. The molecule has 2 aliphatic rings. The Morgan fingerprint density at radius 3 is 2.73 bits per heavy atom. The van der Waals surface area contributed by atoms with Crippen LogP contribution in [0.15, 0.2) is 54.9 Å². The maximum Gasteiger partial charge on any atom is 0.335 e. The summed E-state index contributed by atoms with van der Waals surface area (Å²) in [6.07, 6.45) is 11.7. The zero-order valence-electron chi connectivity index (χ0n) is 22.4. The van der Waals surface area contributed by atoms with Gasteiger partial charge in [0.15, 0.2) is 0 Å². The van der Waals surface area contributed by atoms with Crippen molar-refractivity contribution in [3.63, 3.8) is 0 Å². The lowest BCUT2D eigenvalue weighted by atomic mass is 9.79. The topological polar surface area (TPSA) is 117 Å². The third-order valence-electron chi connectivity index (χ3n) is 7.71. The Hall–Kier alpha value is -3.82. The van der Waals surface area contributed by atoms with Crippen molar-refractivity contribution < 1.29 is 19.7 Å². The van der Waals surface area contributed by atoms with Crippen molar-refractivity contribution in [1.82, 2.24) is 15.0 Å². The van der Waals surface area contributed by atoms with Gasteiger partial charge >= 0.3 is 5.97 Å². The second-order valence-electron chi connectivity index (χ2n) is 10.7. The molecule has 0 bridgehead atoms. The van der Waals surface area contributed by atoms with Gasteiger partial charge in [0.2, 0.25) is 0 Å². The molecule has 40 heavy (non-hydrogen) atoms. The van der Waals surface area contributed by atoms with E-state index >= 15 is 0 Å². The minimum absolute atomic E-state index is 0.229. The number of thiazole rings is 1. The molecule has 2 aliphatic carbocycles.